The fourth-order valence-corrected chi connectivity index (χ4v) is 2.11. The van der Waals surface area contributed by atoms with Gasteiger partial charge in [0.25, 0.3) is 0 Å². The first kappa shape index (κ1) is 15.7. The summed E-state index contributed by atoms with van der Waals surface area (Å²) < 4.78 is 5.22. The molecule has 1 aromatic carbocycles. The van der Waals surface area contributed by atoms with Gasteiger partial charge in [-0.05, 0) is 12.0 Å². The highest BCUT2D eigenvalue weighted by molar-refractivity contribution is 5.14. The highest BCUT2D eigenvalue weighted by atomic mass is 16.5. The average Bonchev–Trinajstić information content (AvgIpc) is 2.95. The third-order valence-electron chi connectivity index (χ3n) is 3.32. The molecule has 0 saturated heterocycles. The van der Waals surface area contributed by atoms with E-state index in [4.69, 9.17) is 4.52 Å². The van der Waals surface area contributed by atoms with Crippen LogP contribution in [0.25, 0.3) is 0 Å². The number of nitrogens with zero attached hydrogens (tertiary/aromatic N) is 3. The molecule has 114 valence electrons. The number of aromatic nitrogens is 2. The Morgan fingerprint density at radius 3 is 2.57 bits per heavy atom. The predicted molar refractivity (Wildman–Crippen MR) is 80.9 cm³/mol. The molecule has 0 aliphatic rings. The smallest absolute Gasteiger partial charge is 0.229 e. The van der Waals surface area contributed by atoms with Gasteiger partial charge in [0, 0.05) is 19.0 Å². The summed E-state index contributed by atoms with van der Waals surface area (Å²) in [5, 5.41) is 13.2. The molecule has 2 aromatic rings. The maximum absolute atomic E-state index is 9.20. The van der Waals surface area contributed by atoms with Gasteiger partial charge in [-0.2, -0.15) is 4.98 Å². The Morgan fingerprint density at radius 1 is 1.19 bits per heavy atom. The predicted octanol–water partition coefficient (Wildman–Crippen LogP) is 2.23. The van der Waals surface area contributed by atoms with E-state index in [9.17, 15) is 5.11 Å². The molecular formula is C16H23N3O2. The van der Waals surface area contributed by atoms with Crippen LogP contribution in [0.1, 0.15) is 37.0 Å². The molecule has 0 atom stereocenters. The summed E-state index contributed by atoms with van der Waals surface area (Å²) in [5.74, 6) is 1.58. The van der Waals surface area contributed by atoms with Crippen LogP contribution in [0.15, 0.2) is 34.9 Å². The van der Waals surface area contributed by atoms with Gasteiger partial charge in [0.2, 0.25) is 5.89 Å². The quantitative estimate of drug-likeness (QED) is 0.807. The highest BCUT2D eigenvalue weighted by Gasteiger charge is 2.13. The molecule has 5 heteroatoms. The molecule has 0 spiro atoms. The summed E-state index contributed by atoms with van der Waals surface area (Å²) in [6, 6.07) is 10.3. The molecule has 1 N–H and O–H groups in total. The first-order chi connectivity index (χ1) is 10.2. The molecule has 0 bridgehead atoms. The molecule has 5 nitrogen and oxygen atoms in total. The van der Waals surface area contributed by atoms with Gasteiger partial charge < -0.3 is 9.63 Å². The van der Waals surface area contributed by atoms with E-state index < -0.39 is 0 Å². The number of hydrogen-bond acceptors (Lipinski definition) is 5. The van der Waals surface area contributed by atoms with Crippen LogP contribution in [-0.4, -0.2) is 39.8 Å². The zero-order chi connectivity index (χ0) is 15.1. The largest absolute Gasteiger partial charge is 0.395 e. The lowest BCUT2D eigenvalue weighted by atomic mass is 10.1. The van der Waals surface area contributed by atoms with Crippen molar-refractivity contribution < 1.29 is 9.63 Å². The minimum atomic E-state index is 0.129. The summed E-state index contributed by atoms with van der Waals surface area (Å²) in [6.07, 6.45) is 0.940. The van der Waals surface area contributed by atoms with Crippen LogP contribution in [0.5, 0.6) is 0 Å². The van der Waals surface area contributed by atoms with Crippen molar-refractivity contribution in [1.29, 1.82) is 0 Å². The molecule has 2 rings (SSSR count). The number of hydrogen-bond donors (Lipinski definition) is 1. The Morgan fingerprint density at radius 2 is 1.95 bits per heavy atom. The average molecular weight is 289 g/mol. The Hall–Kier alpha value is -1.72. The third-order valence-corrected chi connectivity index (χ3v) is 3.32. The van der Waals surface area contributed by atoms with Crippen molar-refractivity contribution in [3.63, 3.8) is 0 Å². The van der Waals surface area contributed by atoms with Gasteiger partial charge in [0.15, 0.2) is 5.82 Å². The second-order valence-electron chi connectivity index (χ2n) is 5.44. The van der Waals surface area contributed by atoms with Crippen LogP contribution in [-0.2, 0) is 13.0 Å². The molecule has 21 heavy (non-hydrogen) atoms. The Kier molecular flexibility index (Phi) is 5.90. The molecule has 0 amide bonds. The number of benzene rings is 1. The number of aliphatic hydroxyl groups is 1. The Balaban J connectivity index is 1.91. The van der Waals surface area contributed by atoms with Crippen LogP contribution in [0.3, 0.4) is 0 Å². The summed E-state index contributed by atoms with van der Waals surface area (Å²) >= 11 is 0. The van der Waals surface area contributed by atoms with E-state index in [0.717, 1.165) is 13.0 Å². The zero-order valence-corrected chi connectivity index (χ0v) is 12.7. The molecule has 0 aliphatic carbocycles. The van der Waals surface area contributed by atoms with Crippen molar-refractivity contribution in [1.82, 2.24) is 15.0 Å². The maximum Gasteiger partial charge on any atom is 0.229 e. The minimum Gasteiger partial charge on any atom is -0.395 e. The van der Waals surface area contributed by atoms with Gasteiger partial charge in [-0.15, -0.1) is 0 Å². The number of rotatable bonds is 8. The van der Waals surface area contributed by atoms with Gasteiger partial charge in [0.1, 0.15) is 0 Å². The highest BCUT2D eigenvalue weighted by Crippen LogP contribution is 2.12. The summed E-state index contributed by atoms with van der Waals surface area (Å²) in [5.41, 5.74) is 1.29. The van der Waals surface area contributed by atoms with Gasteiger partial charge in [-0.25, -0.2) is 0 Å². The van der Waals surface area contributed by atoms with Crippen molar-refractivity contribution in [2.24, 2.45) is 0 Å². The molecule has 0 unspecified atom stereocenters. The molecule has 0 saturated carbocycles. The van der Waals surface area contributed by atoms with E-state index in [2.05, 4.69) is 27.2 Å². The first-order valence-corrected chi connectivity index (χ1v) is 7.38. The van der Waals surface area contributed by atoms with Gasteiger partial charge >= 0.3 is 0 Å². The molecule has 0 fully saturated rings. The second-order valence-corrected chi connectivity index (χ2v) is 5.44. The Labute approximate surface area is 125 Å². The second kappa shape index (κ2) is 7.90. The van der Waals surface area contributed by atoms with E-state index in [0.29, 0.717) is 24.8 Å². The standard InChI is InChI=1S/C16H23N3O2/c1-13(2)16-17-15(18-21-16)12-19(10-11-20)9-8-14-6-4-3-5-7-14/h3-7,13,20H,8-12H2,1-2H3. The Bertz CT molecular complexity index is 525. The van der Waals surface area contributed by atoms with E-state index in [-0.39, 0.29) is 12.5 Å². The third kappa shape index (κ3) is 4.95. The lowest BCUT2D eigenvalue weighted by molar-refractivity contribution is 0.187. The summed E-state index contributed by atoms with van der Waals surface area (Å²) in [7, 11) is 0. The van der Waals surface area contributed by atoms with Gasteiger partial charge in [-0.3, -0.25) is 4.90 Å². The normalized spacial score (nSPS) is 11.5. The SMILES string of the molecule is CC(C)c1nc(CN(CCO)CCc2ccccc2)no1. The lowest BCUT2D eigenvalue weighted by Crippen LogP contribution is -2.29. The molecular weight excluding hydrogens is 266 g/mol. The summed E-state index contributed by atoms with van der Waals surface area (Å²) in [6.45, 7) is 6.25. The van der Waals surface area contributed by atoms with E-state index in [1.807, 2.05) is 32.0 Å². The fraction of sp³-hybridized carbons (Fsp3) is 0.500. The van der Waals surface area contributed by atoms with Crippen molar-refractivity contribution in [2.75, 3.05) is 19.7 Å². The van der Waals surface area contributed by atoms with Crippen LogP contribution in [0.2, 0.25) is 0 Å². The van der Waals surface area contributed by atoms with Gasteiger partial charge in [-0.1, -0.05) is 49.3 Å². The van der Waals surface area contributed by atoms with Crippen LogP contribution < -0.4 is 0 Å². The monoisotopic (exact) mass is 289 g/mol. The summed E-state index contributed by atoms with van der Waals surface area (Å²) in [4.78, 5) is 6.53. The van der Waals surface area contributed by atoms with Gasteiger partial charge in [0.05, 0.1) is 13.2 Å². The van der Waals surface area contributed by atoms with E-state index >= 15 is 0 Å². The molecule has 0 radical (unpaired) electrons. The van der Waals surface area contributed by atoms with Crippen LogP contribution >= 0.6 is 0 Å². The van der Waals surface area contributed by atoms with E-state index in [1.165, 1.54) is 5.56 Å². The molecule has 1 heterocycles. The zero-order valence-electron chi connectivity index (χ0n) is 12.7. The maximum atomic E-state index is 9.20. The van der Waals surface area contributed by atoms with E-state index in [1.54, 1.807) is 0 Å². The van der Waals surface area contributed by atoms with Crippen LogP contribution in [0, 0.1) is 0 Å². The molecule has 1 aromatic heterocycles. The van der Waals surface area contributed by atoms with Crippen molar-refractivity contribution in [2.45, 2.75) is 32.7 Å². The number of aliphatic hydroxyl groups excluding tert-OH is 1. The topological polar surface area (TPSA) is 62.4 Å². The van der Waals surface area contributed by atoms with Crippen molar-refractivity contribution in [3.05, 3.63) is 47.6 Å². The first-order valence-electron chi connectivity index (χ1n) is 7.38. The van der Waals surface area contributed by atoms with Crippen molar-refractivity contribution >= 4 is 0 Å². The fourth-order valence-electron chi connectivity index (χ4n) is 2.11. The van der Waals surface area contributed by atoms with Crippen molar-refractivity contribution in [3.8, 4) is 0 Å². The lowest BCUT2D eigenvalue weighted by Gasteiger charge is -2.19. The van der Waals surface area contributed by atoms with Crippen LogP contribution in [0.4, 0.5) is 0 Å². The minimum absolute atomic E-state index is 0.129. The molecule has 0 aliphatic heterocycles.